The van der Waals surface area contributed by atoms with Crippen LogP contribution in [0, 0.1) is 17.8 Å². The first-order valence-electron chi connectivity index (χ1n) is 9.80. The van der Waals surface area contributed by atoms with Crippen LogP contribution in [0.15, 0.2) is 0 Å². The molecule has 2 heterocycles. The van der Waals surface area contributed by atoms with Gasteiger partial charge in [-0.05, 0) is 51.5 Å². The average molecular weight is 335 g/mol. The van der Waals surface area contributed by atoms with Crippen molar-refractivity contribution in [3.8, 4) is 0 Å². The van der Waals surface area contributed by atoms with Crippen LogP contribution in [-0.4, -0.2) is 72.8 Å². The van der Waals surface area contributed by atoms with Crippen molar-refractivity contribution in [3.05, 3.63) is 0 Å². The van der Waals surface area contributed by atoms with Gasteiger partial charge in [-0.3, -0.25) is 9.59 Å². The fourth-order valence-corrected chi connectivity index (χ4v) is 4.52. The van der Waals surface area contributed by atoms with Gasteiger partial charge in [-0.15, -0.1) is 0 Å². The molecule has 24 heavy (non-hydrogen) atoms. The zero-order valence-electron chi connectivity index (χ0n) is 15.4. The average Bonchev–Trinajstić information content (AvgIpc) is 2.61. The highest BCUT2D eigenvalue weighted by Gasteiger charge is 2.35. The van der Waals surface area contributed by atoms with Crippen molar-refractivity contribution in [2.24, 2.45) is 17.8 Å². The van der Waals surface area contributed by atoms with Crippen LogP contribution in [0.2, 0.25) is 0 Å². The van der Waals surface area contributed by atoms with Gasteiger partial charge < -0.3 is 14.7 Å². The molecule has 0 bridgehead atoms. The van der Waals surface area contributed by atoms with Crippen LogP contribution in [0.5, 0.6) is 0 Å². The Hall–Kier alpha value is -1.10. The van der Waals surface area contributed by atoms with Crippen molar-refractivity contribution in [1.29, 1.82) is 0 Å². The van der Waals surface area contributed by atoms with Crippen molar-refractivity contribution in [2.45, 2.75) is 45.4 Å². The third-order valence-electron chi connectivity index (χ3n) is 6.21. The van der Waals surface area contributed by atoms with E-state index in [1.165, 1.54) is 6.42 Å². The molecule has 2 saturated heterocycles. The van der Waals surface area contributed by atoms with E-state index in [4.69, 9.17) is 0 Å². The lowest BCUT2D eigenvalue weighted by atomic mass is 9.80. The molecule has 0 spiro atoms. The van der Waals surface area contributed by atoms with Gasteiger partial charge in [0.15, 0.2) is 0 Å². The van der Waals surface area contributed by atoms with Gasteiger partial charge in [0.2, 0.25) is 11.8 Å². The molecule has 1 aliphatic carbocycles. The molecular formula is C19H33N3O2. The molecule has 3 rings (SSSR count). The van der Waals surface area contributed by atoms with E-state index in [2.05, 4.69) is 23.8 Å². The summed E-state index contributed by atoms with van der Waals surface area (Å²) in [6.45, 7) is 7.78. The second-order valence-electron chi connectivity index (χ2n) is 8.21. The summed E-state index contributed by atoms with van der Waals surface area (Å²) in [6, 6.07) is 0. The molecule has 0 N–H and O–H groups in total. The maximum Gasteiger partial charge on any atom is 0.225 e. The first kappa shape index (κ1) is 17.7. The summed E-state index contributed by atoms with van der Waals surface area (Å²) in [5, 5.41) is 0. The van der Waals surface area contributed by atoms with E-state index in [0.29, 0.717) is 17.7 Å². The van der Waals surface area contributed by atoms with E-state index in [1.54, 1.807) is 0 Å². The first-order chi connectivity index (χ1) is 11.5. The Morgan fingerprint density at radius 2 is 1.29 bits per heavy atom. The van der Waals surface area contributed by atoms with Gasteiger partial charge in [0, 0.05) is 51.1 Å². The van der Waals surface area contributed by atoms with Crippen LogP contribution < -0.4 is 0 Å². The predicted octanol–water partition coefficient (Wildman–Crippen LogP) is 1.83. The smallest absolute Gasteiger partial charge is 0.225 e. The number of rotatable bonds is 2. The Labute approximate surface area is 146 Å². The third-order valence-corrected chi connectivity index (χ3v) is 6.21. The zero-order chi connectivity index (χ0) is 17.1. The molecule has 5 nitrogen and oxygen atoms in total. The van der Waals surface area contributed by atoms with Gasteiger partial charge in [-0.25, -0.2) is 0 Å². The molecule has 3 fully saturated rings. The Kier molecular flexibility index (Phi) is 5.80. The van der Waals surface area contributed by atoms with Crippen LogP contribution in [0.3, 0.4) is 0 Å². The quantitative estimate of drug-likeness (QED) is 0.773. The maximum atomic E-state index is 12.7. The highest BCUT2D eigenvalue weighted by atomic mass is 16.2. The highest BCUT2D eigenvalue weighted by molar-refractivity contribution is 5.81. The largest absolute Gasteiger partial charge is 0.342 e. The fourth-order valence-electron chi connectivity index (χ4n) is 4.52. The summed E-state index contributed by atoms with van der Waals surface area (Å²) < 4.78 is 0. The zero-order valence-corrected chi connectivity index (χ0v) is 15.4. The molecule has 5 heteroatoms. The van der Waals surface area contributed by atoms with Gasteiger partial charge in [-0.1, -0.05) is 6.92 Å². The maximum absolute atomic E-state index is 12.7. The van der Waals surface area contributed by atoms with Gasteiger partial charge in [0.1, 0.15) is 0 Å². The van der Waals surface area contributed by atoms with Gasteiger partial charge in [0.25, 0.3) is 0 Å². The number of hydrogen-bond donors (Lipinski definition) is 0. The molecule has 1 saturated carbocycles. The molecule has 0 radical (unpaired) electrons. The standard InChI is InChI=1S/C19H33N3O2/c1-15-4-3-9-22(14-15)19(24)17-7-5-16(6-8-17)18(23)21-12-10-20(2)11-13-21/h15-17H,3-14H2,1-2H3. The Bertz CT molecular complexity index is 452. The summed E-state index contributed by atoms with van der Waals surface area (Å²) in [4.78, 5) is 31.8. The topological polar surface area (TPSA) is 43.9 Å². The number of piperidine rings is 1. The van der Waals surface area contributed by atoms with Crippen LogP contribution in [0.25, 0.3) is 0 Å². The molecule has 0 aromatic carbocycles. The second kappa shape index (κ2) is 7.85. The normalized spacial score (nSPS) is 32.7. The lowest BCUT2D eigenvalue weighted by Gasteiger charge is -2.38. The number of carbonyl (C=O) groups excluding carboxylic acids is 2. The van der Waals surface area contributed by atoms with Crippen molar-refractivity contribution < 1.29 is 9.59 Å². The summed E-state index contributed by atoms with van der Waals surface area (Å²) >= 11 is 0. The number of piperazine rings is 1. The van der Waals surface area contributed by atoms with Crippen LogP contribution >= 0.6 is 0 Å². The fraction of sp³-hybridized carbons (Fsp3) is 0.895. The summed E-state index contributed by atoms with van der Waals surface area (Å²) in [7, 11) is 2.11. The van der Waals surface area contributed by atoms with Gasteiger partial charge >= 0.3 is 0 Å². The van der Waals surface area contributed by atoms with Gasteiger partial charge in [0.05, 0.1) is 0 Å². The van der Waals surface area contributed by atoms with E-state index >= 15 is 0 Å². The number of nitrogens with zero attached hydrogens (tertiary/aromatic N) is 3. The molecule has 2 amide bonds. The van der Waals surface area contributed by atoms with E-state index in [0.717, 1.165) is 71.4 Å². The van der Waals surface area contributed by atoms with Gasteiger partial charge in [-0.2, -0.15) is 0 Å². The minimum absolute atomic E-state index is 0.151. The Balaban J connectivity index is 1.46. The molecule has 1 atom stereocenters. The van der Waals surface area contributed by atoms with E-state index < -0.39 is 0 Å². The summed E-state index contributed by atoms with van der Waals surface area (Å²) in [6.07, 6.45) is 5.97. The highest BCUT2D eigenvalue weighted by Crippen LogP contribution is 2.32. The number of likely N-dealkylation sites (tertiary alicyclic amines) is 1. The molecule has 0 aromatic rings. The van der Waals surface area contributed by atoms with Crippen LogP contribution in [0.1, 0.15) is 45.4 Å². The molecule has 3 aliphatic rings. The lowest BCUT2D eigenvalue weighted by molar-refractivity contribution is -0.143. The van der Waals surface area contributed by atoms with E-state index in [1.807, 2.05) is 4.90 Å². The first-order valence-corrected chi connectivity index (χ1v) is 9.80. The van der Waals surface area contributed by atoms with Crippen LogP contribution in [0.4, 0.5) is 0 Å². The minimum atomic E-state index is 0.151. The summed E-state index contributed by atoms with van der Waals surface area (Å²) in [5.74, 6) is 1.63. The molecule has 2 aliphatic heterocycles. The molecule has 1 unspecified atom stereocenters. The monoisotopic (exact) mass is 335 g/mol. The van der Waals surface area contributed by atoms with Crippen molar-refractivity contribution in [1.82, 2.24) is 14.7 Å². The van der Waals surface area contributed by atoms with Crippen molar-refractivity contribution in [2.75, 3.05) is 46.3 Å². The minimum Gasteiger partial charge on any atom is -0.342 e. The lowest BCUT2D eigenvalue weighted by Crippen LogP contribution is -2.50. The third kappa shape index (κ3) is 4.11. The van der Waals surface area contributed by atoms with E-state index in [-0.39, 0.29) is 11.8 Å². The van der Waals surface area contributed by atoms with Crippen LogP contribution in [-0.2, 0) is 9.59 Å². The molecule has 136 valence electrons. The number of amides is 2. The van der Waals surface area contributed by atoms with E-state index in [9.17, 15) is 9.59 Å². The summed E-state index contributed by atoms with van der Waals surface area (Å²) in [5.41, 5.74) is 0. The predicted molar refractivity (Wildman–Crippen MR) is 94.5 cm³/mol. The Morgan fingerprint density at radius 1 is 0.750 bits per heavy atom. The SMILES string of the molecule is CC1CCCN(C(=O)C2CCC(C(=O)N3CCN(C)CC3)CC2)C1. The number of likely N-dealkylation sites (N-methyl/N-ethyl adjacent to an activating group) is 1. The number of hydrogen-bond acceptors (Lipinski definition) is 3. The Morgan fingerprint density at radius 3 is 1.83 bits per heavy atom. The number of carbonyl (C=O) groups is 2. The molecular weight excluding hydrogens is 302 g/mol. The molecule has 0 aromatic heterocycles. The van der Waals surface area contributed by atoms with Crippen molar-refractivity contribution in [3.63, 3.8) is 0 Å². The van der Waals surface area contributed by atoms with Crippen molar-refractivity contribution >= 4 is 11.8 Å². The second-order valence-corrected chi connectivity index (χ2v) is 8.21.